The number of hydrogen-bond donors (Lipinski definition) is 2. The Kier molecular flexibility index (Phi) is 4.20. The highest BCUT2D eigenvalue weighted by Gasteiger charge is 2.20. The molecule has 0 aliphatic heterocycles. The van der Waals surface area contributed by atoms with Gasteiger partial charge in [0.05, 0.1) is 9.82 Å². The molecule has 110 valence electrons. The Hall–Kier alpha value is -2.45. The maximum Gasteiger partial charge on any atom is 0.312 e. The molecule has 7 nitrogen and oxygen atoms in total. The Bertz CT molecular complexity index is 759. The smallest absolute Gasteiger partial charge is 0.312 e. The summed E-state index contributed by atoms with van der Waals surface area (Å²) in [6, 6.07) is 11.8. The van der Waals surface area contributed by atoms with Gasteiger partial charge in [0.2, 0.25) is 10.0 Å². The van der Waals surface area contributed by atoms with E-state index in [-0.39, 0.29) is 11.4 Å². The number of benzene rings is 2. The molecule has 0 atom stereocenters. The first-order chi connectivity index (χ1) is 9.90. The lowest BCUT2D eigenvalue weighted by atomic mass is 10.2. The molecule has 0 unspecified atom stereocenters. The van der Waals surface area contributed by atoms with Gasteiger partial charge in [-0.3, -0.25) is 10.1 Å². The van der Waals surface area contributed by atoms with Crippen molar-refractivity contribution in [2.45, 2.75) is 11.4 Å². The summed E-state index contributed by atoms with van der Waals surface area (Å²) in [5.74, 6) is -0.581. The van der Waals surface area contributed by atoms with E-state index in [9.17, 15) is 23.6 Å². The third-order valence-electron chi connectivity index (χ3n) is 2.76. The predicted molar refractivity (Wildman–Crippen MR) is 75.2 cm³/mol. The third kappa shape index (κ3) is 3.56. The molecule has 2 aromatic carbocycles. The Morgan fingerprint density at radius 1 is 1.14 bits per heavy atom. The maximum atomic E-state index is 12.1. The fraction of sp³-hybridized carbons (Fsp3) is 0.0769. The van der Waals surface area contributed by atoms with E-state index in [1.165, 1.54) is 0 Å². The van der Waals surface area contributed by atoms with E-state index in [4.69, 9.17) is 0 Å². The minimum absolute atomic E-state index is 0.0673. The number of rotatable bonds is 5. The molecule has 0 aromatic heterocycles. The maximum absolute atomic E-state index is 12.1. The van der Waals surface area contributed by atoms with E-state index in [2.05, 4.69) is 4.72 Å². The van der Waals surface area contributed by atoms with E-state index in [1.807, 2.05) is 0 Å². The SMILES string of the molecule is O=[N+]([O-])c1cc(S(=O)(=O)NCc2ccccc2)ccc1O. The van der Waals surface area contributed by atoms with Crippen molar-refractivity contribution >= 4 is 15.7 Å². The van der Waals surface area contributed by atoms with Crippen LogP contribution in [0.4, 0.5) is 5.69 Å². The van der Waals surface area contributed by atoms with Crippen LogP contribution in [0.2, 0.25) is 0 Å². The van der Waals surface area contributed by atoms with Gasteiger partial charge in [-0.1, -0.05) is 30.3 Å². The summed E-state index contributed by atoms with van der Waals surface area (Å²) in [5, 5.41) is 20.0. The first kappa shape index (κ1) is 14.9. The van der Waals surface area contributed by atoms with E-state index >= 15 is 0 Å². The highest BCUT2D eigenvalue weighted by Crippen LogP contribution is 2.28. The van der Waals surface area contributed by atoms with Gasteiger partial charge in [-0.15, -0.1) is 0 Å². The van der Waals surface area contributed by atoms with Crippen LogP contribution in [0, 0.1) is 10.1 Å². The number of phenols is 1. The summed E-state index contributed by atoms with van der Waals surface area (Å²) in [4.78, 5) is 9.59. The summed E-state index contributed by atoms with van der Waals surface area (Å²) in [7, 11) is -3.90. The van der Waals surface area contributed by atoms with Gasteiger partial charge in [-0.25, -0.2) is 13.1 Å². The molecule has 2 aromatic rings. The normalized spacial score (nSPS) is 11.2. The average Bonchev–Trinajstić information content (AvgIpc) is 2.46. The van der Waals surface area contributed by atoms with Gasteiger partial charge < -0.3 is 5.11 Å². The molecule has 0 saturated carbocycles. The Balaban J connectivity index is 2.24. The van der Waals surface area contributed by atoms with Crippen molar-refractivity contribution in [3.05, 3.63) is 64.2 Å². The van der Waals surface area contributed by atoms with Crippen LogP contribution in [0.1, 0.15) is 5.56 Å². The molecular formula is C13H12N2O5S. The van der Waals surface area contributed by atoms with Crippen molar-refractivity contribution in [1.82, 2.24) is 4.72 Å². The highest BCUT2D eigenvalue weighted by molar-refractivity contribution is 7.89. The first-order valence-electron chi connectivity index (χ1n) is 5.91. The second-order valence-corrected chi connectivity index (χ2v) is 5.98. The molecule has 0 aliphatic rings. The Labute approximate surface area is 121 Å². The van der Waals surface area contributed by atoms with Crippen LogP contribution < -0.4 is 4.72 Å². The Morgan fingerprint density at radius 2 is 1.81 bits per heavy atom. The van der Waals surface area contributed by atoms with E-state index < -0.39 is 26.4 Å². The van der Waals surface area contributed by atoms with E-state index in [1.54, 1.807) is 30.3 Å². The molecule has 0 saturated heterocycles. The monoisotopic (exact) mass is 308 g/mol. The molecule has 2 rings (SSSR count). The molecule has 21 heavy (non-hydrogen) atoms. The lowest BCUT2D eigenvalue weighted by Gasteiger charge is -2.07. The molecule has 0 aliphatic carbocycles. The zero-order valence-electron chi connectivity index (χ0n) is 10.8. The molecule has 0 radical (unpaired) electrons. The van der Waals surface area contributed by atoms with Crippen LogP contribution in [0.25, 0.3) is 0 Å². The van der Waals surface area contributed by atoms with Gasteiger partial charge in [0.1, 0.15) is 0 Å². The van der Waals surface area contributed by atoms with Gasteiger partial charge >= 0.3 is 5.69 Å². The standard InChI is InChI=1S/C13H12N2O5S/c16-13-7-6-11(8-12(13)15(17)18)21(19,20)14-9-10-4-2-1-3-5-10/h1-8,14,16H,9H2. The fourth-order valence-corrected chi connectivity index (χ4v) is 2.71. The van der Waals surface area contributed by atoms with Gasteiger partial charge in [0, 0.05) is 12.6 Å². The molecule has 0 spiro atoms. The fourth-order valence-electron chi connectivity index (χ4n) is 1.67. The van der Waals surface area contributed by atoms with Crippen LogP contribution >= 0.6 is 0 Å². The van der Waals surface area contributed by atoms with Crippen molar-refractivity contribution < 1.29 is 18.4 Å². The second kappa shape index (κ2) is 5.90. The highest BCUT2D eigenvalue weighted by atomic mass is 32.2. The van der Waals surface area contributed by atoms with Gasteiger partial charge in [0.15, 0.2) is 5.75 Å². The zero-order valence-corrected chi connectivity index (χ0v) is 11.6. The van der Waals surface area contributed by atoms with Gasteiger partial charge in [-0.2, -0.15) is 0 Å². The lowest BCUT2D eigenvalue weighted by Crippen LogP contribution is -2.23. The van der Waals surface area contributed by atoms with Gasteiger partial charge in [0.25, 0.3) is 0 Å². The van der Waals surface area contributed by atoms with Crippen molar-refractivity contribution in [1.29, 1.82) is 0 Å². The summed E-state index contributed by atoms with van der Waals surface area (Å²) in [6.45, 7) is 0.0673. The number of nitrogens with one attached hydrogen (secondary N) is 1. The van der Waals surface area contributed by atoms with E-state index in [0.717, 1.165) is 23.8 Å². The van der Waals surface area contributed by atoms with Crippen molar-refractivity contribution in [3.63, 3.8) is 0 Å². The van der Waals surface area contributed by atoms with Crippen LogP contribution in [0.3, 0.4) is 0 Å². The molecule has 2 N–H and O–H groups in total. The predicted octanol–water partition coefficient (Wildman–Crippen LogP) is 1.78. The number of nitro benzene ring substituents is 1. The summed E-state index contributed by atoms with van der Waals surface area (Å²) >= 11 is 0. The van der Waals surface area contributed by atoms with Crippen molar-refractivity contribution in [2.24, 2.45) is 0 Å². The number of nitro groups is 1. The number of aromatic hydroxyl groups is 1. The van der Waals surface area contributed by atoms with Crippen molar-refractivity contribution in [3.8, 4) is 5.75 Å². The van der Waals surface area contributed by atoms with Gasteiger partial charge in [-0.05, 0) is 17.7 Å². The first-order valence-corrected chi connectivity index (χ1v) is 7.39. The average molecular weight is 308 g/mol. The third-order valence-corrected chi connectivity index (χ3v) is 4.16. The largest absolute Gasteiger partial charge is 0.502 e. The number of nitrogens with zero attached hydrogens (tertiary/aromatic N) is 1. The zero-order chi connectivity index (χ0) is 15.5. The topological polar surface area (TPSA) is 110 Å². The van der Waals surface area contributed by atoms with Crippen LogP contribution in [-0.4, -0.2) is 18.4 Å². The number of hydrogen-bond acceptors (Lipinski definition) is 5. The minimum atomic E-state index is -3.90. The summed E-state index contributed by atoms with van der Waals surface area (Å²) in [5.41, 5.74) is 0.104. The summed E-state index contributed by atoms with van der Waals surface area (Å²) < 4.78 is 26.5. The molecule has 0 fully saturated rings. The Morgan fingerprint density at radius 3 is 2.43 bits per heavy atom. The van der Waals surface area contributed by atoms with E-state index in [0.29, 0.717) is 0 Å². The second-order valence-electron chi connectivity index (χ2n) is 4.22. The molecule has 0 bridgehead atoms. The minimum Gasteiger partial charge on any atom is -0.502 e. The molecule has 0 heterocycles. The number of sulfonamides is 1. The van der Waals surface area contributed by atoms with Crippen LogP contribution in [-0.2, 0) is 16.6 Å². The molecule has 8 heteroatoms. The molecular weight excluding hydrogens is 296 g/mol. The van der Waals surface area contributed by atoms with Crippen LogP contribution in [0.15, 0.2) is 53.4 Å². The molecule has 0 amide bonds. The van der Waals surface area contributed by atoms with Crippen LogP contribution in [0.5, 0.6) is 5.75 Å². The number of phenolic OH excluding ortho intramolecular Hbond substituents is 1. The van der Waals surface area contributed by atoms with Crippen molar-refractivity contribution in [2.75, 3.05) is 0 Å². The summed E-state index contributed by atoms with van der Waals surface area (Å²) in [6.07, 6.45) is 0. The lowest BCUT2D eigenvalue weighted by molar-refractivity contribution is -0.386. The quantitative estimate of drug-likeness (QED) is 0.646.